The van der Waals surface area contributed by atoms with Gasteiger partial charge in [-0.1, -0.05) is 87.2 Å². The highest BCUT2D eigenvalue weighted by atomic mass is 16.2. The lowest BCUT2D eigenvalue weighted by Crippen LogP contribution is -2.20. The van der Waals surface area contributed by atoms with Gasteiger partial charge in [0.05, 0.1) is 11.4 Å². The molecule has 4 aromatic carbocycles. The van der Waals surface area contributed by atoms with Crippen molar-refractivity contribution in [2.75, 3.05) is 21.3 Å². The number of anilines is 4. The van der Waals surface area contributed by atoms with Gasteiger partial charge in [-0.2, -0.15) is 0 Å². The summed E-state index contributed by atoms with van der Waals surface area (Å²) in [6, 6.07) is 34.8. The van der Waals surface area contributed by atoms with Crippen molar-refractivity contribution in [3.8, 4) is 23.7 Å². The molecule has 4 N–H and O–H groups in total. The number of rotatable bonds is 4. The van der Waals surface area contributed by atoms with Gasteiger partial charge >= 0.3 is 12.1 Å². The van der Waals surface area contributed by atoms with Crippen molar-refractivity contribution in [2.24, 2.45) is 0 Å². The van der Waals surface area contributed by atoms with E-state index in [1.54, 1.807) is 0 Å². The van der Waals surface area contributed by atoms with Crippen LogP contribution in [0.25, 0.3) is 0 Å². The zero-order valence-electron chi connectivity index (χ0n) is 26.7. The number of benzene rings is 4. The van der Waals surface area contributed by atoms with E-state index < -0.39 is 0 Å². The van der Waals surface area contributed by atoms with E-state index in [-0.39, 0.29) is 17.5 Å². The van der Waals surface area contributed by atoms with Crippen LogP contribution in [0, 0.1) is 30.6 Å². The van der Waals surface area contributed by atoms with Gasteiger partial charge in [0.25, 0.3) is 0 Å². The van der Waals surface area contributed by atoms with Crippen molar-refractivity contribution in [1.29, 1.82) is 0 Å². The fraction of sp³-hybridized carbons (Fsp3) is 0.125. The van der Waals surface area contributed by atoms with Gasteiger partial charge in [0.2, 0.25) is 0 Å². The second-order valence-corrected chi connectivity index (χ2v) is 11.9. The van der Waals surface area contributed by atoms with Gasteiger partial charge in [0, 0.05) is 22.5 Å². The number of hydrogen-bond donors (Lipinski definition) is 4. The van der Waals surface area contributed by atoms with Crippen molar-refractivity contribution < 1.29 is 9.59 Å². The SMILES string of the molecule is Cc1ccc(NC(=O)Nc2ccccc2)c(C#Cc2cccc(C#Cc3cc(C(C)(C)C)ccc3NC(=O)Nc3ccccc3)n2)c1. The lowest BCUT2D eigenvalue weighted by atomic mass is 9.86. The summed E-state index contributed by atoms with van der Waals surface area (Å²) in [6.07, 6.45) is 0. The first-order chi connectivity index (χ1) is 22.6. The minimum atomic E-state index is -0.361. The smallest absolute Gasteiger partial charge is 0.308 e. The van der Waals surface area contributed by atoms with Crippen LogP contribution < -0.4 is 21.3 Å². The lowest BCUT2D eigenvalue weighted by molar-refractivity contribution is 0.261. The molecule has 7 heteroatoms. The number of nitrogens with one attached hydrogen (secondary N) is 4. The average molecular weight is 618 g/mol. The first-order valence-electron chi connectivity index (χ1n) is 15.1. The van der Waals surface area contributed by atoms with Crippen LogP contribution in [0.5, 0.6) is 0 Å². The maximum Gasteiger partial charge on any atom is 0.323 e. The third-order valence-corrected chi connectivity index (χ3v) is 7.02. The number of carbonyl (C=O) groups is 2. The molecule has 0 atom stereocenters. The molecule has 1 aromatic heterocycles. The molecule has 47 heavy (non-hydrogen) atoms. The monoisotopic (exact) mass is 617 g/mol. The highest BCUT2D eigenvalue weighted by molar-refractivity contribution is 6.01. The fourth-order valence-corrected chi connectivity index (χ4v) is 4.54. The van der Waals surface area contributed by atoms with Crippen LogP contribution in [0.3, 0.4) is 0 Å². The van der Waals surface area contributed by atoms with Crippen molar-refractivity contribution in [3.05, 3.63) is 149 Å². The molecule has 4 amide bonds. The van der Waals surface area contributed by atoms with Crippen LogP contribution in [0.4, 0.5) is 32.3 Å². The van der Waals surface area contributed by atoms with E-state index >= 15 is 0 Å². The molecule has 0 radical (unpaired) electrons. The summed E-state index contributed by atoms with van der Waals surface area (Å²) in [6.45, 7) is 8.35. The number of pyridine rings is 1. The Bertz CT molecular complexity index is 2030. The number of urea groups is 2. The number of aryl methyl sites for hydroxylation is 1. The van der Waals surface area contributed by atoms with Crippen LogP contribution in [-0.4, -0.2) is 17.0 Å². The Hall–Kier alpha value is -6.31. The number of hydrogen-bond acceptors (Lipinski definition) is 3. The summed E-state index contributed by atoms with van der Waals surface area (Å²) >= 11 is 0. The van der Waals surface area contributed by atoms with E-state index in [9.17, 15) is 9.59 Å². The van der Waals surface area contributed by atoms with Crippen LogP contribution in [0.2, 0.25) is 0 Å². The van der Waals surface area contributed by atoms with Gasteiger partial charge in [-0.15, -0.1) is 0 Å². The first kappa shape index (κ1) is 32.1. The Kier molecular flexibility index (Phi) is 10.0. The van der Waals surface area contributed by atoms with Crippen LogP contribution in [-0.2, 0) is 5.41 Å². The lowest BCUT2D eigenvalue weighted by Gasteiger charge is -2.20. The molecular weight excluding hydrogens is 582 g/mol. The van der Waals surface area contributed by atoms with Gasteiger partial charge in [0.15, 0.2) is 0 Å². The Balaban J connectivity index is 1.37. The van der Waals surface area contributed by atoms with Gasteiger partial charge in [-0.05, 0) is 96.0 Å². The Labute approximate surface area is 275 Å². The minimum absolute atomic E-state index is 0.110. The third-order valence-electron chi connectivity index (χ3n) is 7.02. The maximum absolute atomic E-state index is 12.8. The van der Waals surface area contributed by atoms with Gasteiger partial charge in [-0.25, -0.2) is 14.6 Å². The van der Waals surface area contributed by atoms with Gasteiger partial charge < -0.3 is 21.3 Å². The molecule has 0 fully saturated rings. The van der Waals surface area contributed by atoms with Crippen LogP contribution in [0.15, 0.2) is 115 Å². The molecule has 0 aliphatic heterocycles. The number of amides is 4. The van der Waals surface area contributed by atoms with E-state index in [0.717, 1.165) is 11.1 Å². The maximum atomic E-state index is 12.8. The Morgan fingerprint density at radius 3 is 1.55 bits per heavy atom. The summed E-state index contributed by atoms with van der Waals surface area (Å²) in [5, 5.41) is 11.5. The highest BCUT2D eigenvalue weighted by Gasteiger charge is 2.16. The molecule has 7 nitrogen and oxygen atoms in total. The molecular formula is C40H35N5O2. The molecule has 0 unspecified atom stereocenters. The average Bonchev–Trinajstić information content (AvgIpc) is 3.05. The second kappa shape index (κ2) is 14.6. The number of nitrogens with zero attached hydrogens (tertiary/aromatic N) is 1. The zero-order valence-corrected chi connectivity index (χ0v) is 26.7. The molecule has 0 aliphatic carbocycles. The van der Waals surface area contributed by atoms with Crippen molar-refractivity contribution in [3.63, 3.8) is 0 Å². The van der Waals surface area contributed by atoms with Crippen molar-refractivity contribution in [1.82, 2.24) is 4.98 Å². The van der Waals surface area contributed by atoms with Crippen molar-refractivity contribution >= 4 is 34.8 Å². The largest absolute Gasteiger partial charge is 0.323 e. The van der Waals surface area contributed by atoms with E-state index in [0.29, 0.717) is 45.3 Å². The summed E-state index contributed by atoms with van der Waals surface area (Å²) in [5.74, 6) is 12.6. The molecule has 0 spiro atoms. The van der Waals surface area contributed by atoms with Crippen LogP contribution >= 0.6 is 0 Å². The van der Waals surface area contributed by atoms with Gasteiger partial charge in [-0.3, -0.25) is 0 Å². The molecule has 0 saturated carbocycles. The Morgan fingerprint density at radius 2 is 1.04 bits per heavy atom. The normalized spacial score (nSPS) is 10.4. The van der Waals surface area contributed by atoms with E-state index in [1.807, 2.05) is 122 Å². The van der Waals surface area contributed by atoms with Gasteiger partial charge in [0.1, 0.15) is 11.4 Å². The third kappa shape index (κ3) is 9.34. The second-order valence-electron chi connectivity index (χ2n) is 11.9. The summed E-state index contributed by atoms with van der Waals surface area (Å²) < 4.78 is 0. The topological polar surface area (TPSA) is 95.2 Å². The number of aromatic nitrogens is 1. The molecule has 0 saturated heterocycles. The summed E-state index contributed by atoms with van der Waals surface area (Å²) in [4.78, 5) is 30.1. The van der Waals surface area contributed by atoms with Crippen molar-refractivity contribution in [2.45, 2.75) is 33.1 Å². The summed E-state index contributed by atoms with van der Waals surface area (Å²) in [5.41, 5.74) is 6.93. The van der Waals surface area contributed by atoms with E-state index in [2.05, 4.69) is 70.7 Å². The number of carbonyl (C=O) groups excluding carboxylic acids is 2. The molecule has 5 aromatic rings. The van der Waals surface area contributed by atoms with Crippen LogP contribution in [0.1, 0.15) is 54.4 Å². The molecule has 0 aliphatic rings. The molecule has 232 valence electrons. The highest BCUT2D eigenvalue weighted by Crippen LogP contribution is 2.27. The zero-order chi connectivity index (χ0) is 33.2. The molecule has 1 heterocycles. The van der Waals surface area contributed by atoms with E-state index in [1.165, 1.54) is 0 Å². The molecule has 0 bridgehead atoms. The van der Waals surface area contributed by atoms with E-state index in [4.69, 9.17) is 0 Å². The standard InChI is InChI=1S/C40H35N5O2/c1-28-18-24-36(44-38(46)42-32-12-7-5-8-13-32)29(26-28)19-22-34-16-11-17-35(41-34)23-20-30-27-31(40(2,3)4)21-25-37(30)45-39(47)43-33-14-9-6-10-15-33/h5-18,21,24-27H,1-4H3,(H2,42,44,46)(H2,43,45,47). The fourth-order valence-electron chi connectivity index (χ4n) is 4.54. The predicted octanol–water partition coefficient (Wildman–Crippen LogP) is 8.78. The number of para-hydroxylation sites is 2. The predicted molar refractivity (Wildman–Crippen MR) is 191 cm³/mol. The molecule has 5 rings (SSSR count). The quantitative estimate of drug-likeness (QED) is 0.152. The first-order valence-corrected chi connectivity index (χ1v) is 15.1. The Morgan fingerprint density at radius 1 is 0.553 bits per heavy atom. The minimum Gasteiger partial charge on any atom is -0.308 e. The summed E-state index contributed by atoms with van der Waals surface area (Å²) in [7, 11) is 0.